The Morgan fingerprint density at radius 3 is 2.32 bits per heavy atom. The van der Waals surface area contributed by atoms with Crippen molar-refractivity contribution in [2.45, 2.75) is 0 Å². The summed E-state index contributed by atoms with van der Waals surface area (Å²) >= 11 is 11.7. The fourth-order valence-corrected chi connectivity index (χ4v) is 1.86. The lowest BCUT2D eigenvalue weighted by atomic mass is 10.3. The second-order valence-corrected chi connectivity index (χ2v) is 4.29. The second-order valence-electron chi connectivity index (χ2n) is 3.48. The van der Waals surface area contributed by atoms with Crippen LogP contribution in [0.15, 0.2) is 24.3 Å². The third-order valence-corrected chi connectivity index (χ3v) is 2.74. The zero-order valence-electron chi connectivity index (χ0n) is 9.19. The molecule has 0 spiro atoms. The van der Waals surface area contributed by atoms with Crippen molar-refractivity contribution in [3.63, 3.8) is 0 Å². The van der Waals surface area contributed by atoms with E-state index in [1.807, 2.05) is 0 Å². The minimum absolute atomic E-state index is 0.0779. The fraction of sp³-hybridized carbons (Fsp3) is 0. The maximum absolute atomic E-state index is 13.0. The highest BCUT2D eigenvalue weighted by Crippen LogP contribution is 2.33. The summed E-state index contributed by atoms with van der Waals surface area (Å²) in [6.07, 6.45) is 0. The number of benzene rings is 1. The van der Waals surface area contributed by atoms with E-state index in [2.05, 4.69) is 15.5 Å². The van der Waals surface area contributed by atoms with Gasteiger partial charge < -0.3 is 10.4 Å². The molecule has 1 aromatic carbocycles. The van der Waals surface area contributed by atoms with Crippen molar-refractivity contribution in [1.82, 2.24) is 10.2 Å². The van der Waals surface area contributed by atoms with Gasteiger partial charge in [-0.1, -0.05) is 23.2 Å². The number of nitrogens with zero attached hydrogens (tertiary/aromatic N) is 2. The first-order valence-corrected chi connectivity index (χ1v) is 5.71. The Hall–Kier alpha value is -1.92. The average Bonchev–Trinajstić information content (AvgIpc) is 2.34. The summed E-state index contributed by atoms with van der Waals surface area (Å²) in [4.78, 5) is 10.6. The van der Waals surface area contributed by atoms with Crippen LogP contribution in [0.2, 0.25) is 10.0 Å². The van der Waals surface area contributed by atoms with E-state index >= 15 is 0 Å². The van der Waals surface area contributed by atoms with Gasteiger partial charge in [0, 0.05) is 0 Å². The summed E-state index contributed by atoms with van der Waals surface area (Å²) in [6.45, 7) is 0. The highest BCUT2D eigenvalue weighted by Gasteiger charge is 2.10. The molecule has 0 aliphatic heterocycles. The zero-order valence-corrected chi connectivity index (χ0v) is 10.7. The molecule has 0 unspecified atom stereocenters. The summed E-state index contributed by atoms with van der Waals surface area (Å²) < 4.78 is 13.0. The molecule has 0 radical (unpaired) electrons. The maximum atomic E-state index is 13.0. The lowest BCUT2D eigenvalue weighted by Crippen LogP contribution is -2.04. The molecule has 0 fully saturated rings. The summed E-state index contributed by atoms with van der Waals surface area (Å²) in [7, 11) is 0. The Balaban J connectivity index is 2.29. The van der Waals surface area contributed by atoms with Crippen molar-refractivity contribution < 1.29 is 14.3 Å². The van der Waals surface area contributed by atoms with Crippen molar-refractivity contribution in [1.29, 1.82) is 0 Å². The molecule has 98 valence electrons. The van der Waals surface area contributed by atoms with E-state index in [0.717, 1.165) is 12.1 Å². The quantitative estimate of drug-likeness (QED) is 0.909. The molecule has 1 aromatic heterocycles. The Kier molecular flexibility index (Phi) is 3.82. The number of aromatic carboxylic acids is 1. The van der Waals surface area contributed by atoms with Gasteiger partial charge in [0.2, 0.25) is 0 Å². The standard InChI is InChI=1S/C11H6Cl2FN3O2/c12-6-3-5(14)4-7(13)10(6)15-9-2-1-8(11(18)19)16-17-9/h1-4H,(H,15,17)(H,18,19). The van der Waals surface area contributed by atoms with Crippen LogP contribution in [-0.2, 0) is 0 Å². The van der Waals surface area contributed by atoms with Crippen molar-refractivity contribution in [2.24, 2.45) is 0 Å². The molecule has 19 heavy (non-hydrogen) atoms. The predicted octanol–water partition coefficient (Wildman–Crippen LogP) is 3.36. The van der Waals surface area contributed by atoms with Crippen molar-refractivity contribution in [3.05, 3.63) is 45.8 Å². The molecule has 0 aliphatic carbocycles. The molecule has 1 heterocycles. The second kappa shape index (κ2) is 5.38. The Morgan fingerprint density at radius 2 is 1.84 bits per heavy atom. The first kappa shape index (κ1) is 13.5. The van der Waals surface area contributed by atoms with E-state index in [4.69, 9.17) is 28.3 Å². The van der Waals surface area contributed by atoms with E-state index < -0.39 is 11.8 Å². The normalized spacial score (nSPS) is 10.3. The zero-order chi connectivity index (χ0) is 14.0. The van der Waals surface area contributed by atoms with E-state index in [1.165, 1.54) is 12.1 Å². The summed E-state index contributed by atoms with van der Waals surface area (Å²) in [6, 6.07) is 4.85. The highest BCUT2D eigenvalue weighted by molar-refractivity contribution is 6.39. The molecule has 2 aromatic rings. The molecule has 0 bridgehead atoms. The lowest BCUT2D eigenvalue weighted by molar-refractivity contribution is 0.0689. The maximum Gasteiger partial charge on any atom is 0.356 e. The SMILES string of the molecule is O=C(O)c1ccc(Nc2c(Cl)cc(F)cc2Cl)nn1. The first-order chi connectivity index (χ1) is 8.97. The van der Waals surface area contributed by atoms with E-state index in [-0.39, 0.29) is 27.2 Å². The van der Waals surface area contributed by atoms with Crippen molar-refractivity contribution in [2.75, 3.05) is 5.32 Å². The number of nitrogens with one attached hydrogen (secondary N) is 1. The molecule has 0 atom stereocenters. The smallest absolute Gasteiger partial charge is 0.356 e. The van der Waals surface area contributed by atoms with Gasteiger partial charge in [-0.05, 0) is 24.3 Å². The van der Waals surface area contributed by atoms with Crippen LogP contribution in [0.4, 0.5) is 15.9 Å². The van der Waals surface area contributed by atoms with Crippen LogP contribution in [0.1, 0.15) is 10.5 Å². The fourth-order valence-electron chi connectivity index (χ4n) is 1.30. The predicted molar refractivity (Wildman–Crippen MR) is 68.7 cm³/mol. The molecule has 0 saturated carbocycles. The van der Waals surface area contributed by atoms with E-state index in [0.29, 0.717) is 0 Å². The van der Waals surface area contributed by atoms with Crippen LogP contribution in [0.3, 0.4) is 0 Å². The minimum atomic E-state index is -1.18. The van der Waals surface area contributed by atoms with Gasteiger partial charge in [-0.3, -0.25) is 0 Å². The molecule has 5 nitrogen and oxygen atoms in total. The number of rotatable bonds is 3. The number of anilines is 2. The number of carbonyl (C=O) groups is 1. The van der Waals surface area contributed by atoms with Gasteiger partial charge in [0.05, 0.1) is 15.7 Å². The number of hydrogen-bond acceptors (Lipinski definition) is 4. The van der Waals surface area contributed by atoms with E-state index in [1.54, 1.807) is 0 Å². The minimum Gasteiger partial charge on any atom is -0.476 e. The largest absolute Gasteiger partial charge is 0.476 e. The summed E-state index contributed by atoms with van der Waals surface area (Å²) in [5.74, 6) is -1.51. The Labute approximate surface area is 117 Å². The van der Waals surface area contributed by atoms with Crippen LogP contribution >= 0.6 is 23.2 Å². The van der Waals surface area contributed by atoms with Crippen LogP contribution in [0.25, 0.3) is 0 Å². The topological polar surface area (TPSA) is 75.1 Å². The van der Waals surface area contributed by atoms with Crippen LogP contribution in [-0.4, -0.2) is 21.3 Å². The summed E-state index contributed by atoms with van der Waals surface area (Å²) in [5, 5.41) is 18.7. The molecule has 2 rings (SSSR count). The number of aromatic nitrogens is 2. The monoisotopic (exact) mass is 301 g/mol. The Bertz CT molecular complexity index is 611. The van der Waals surface area contributed by atoms with E-state index in [9.17, 15) is 9.18 Å². The molecular formula is C11H6Cl2FN3O2. The lowest BCUT2D eigenvalue weighted by Gasteiger charge is -2.09. The van der Waals surface area contributed by atoms with Gasteiger partial charge in [0.25, 0.3) is 0 Å². The molecule has 0 amide bonds. The third kappa shape index (κ3) is 3.10. The van der Waals surface area contributed by atoms with Crippen molar-refractivity contribution >= 4 is 40.7 Å². The third-order valence-electron chi connectivity index (χ3n) is 2.14. The van der Waals surface area contributed by atoms with Gasteiger partial charge in [0.15, 0.2) is 11.5 Å². The number of halogens is 3. The highest BCUT2D eigenvalue weighted by atomic mass is 35.5. The summed E-state index contributed by atoms with van der Waals surface area (Å²) in [5.41, 5.74) is 0.0731. The average molecular weight is 302 g/mol. The van der Waals surface area contributed by atoms with Crippen LogP contribution in [0.5, 0.6) is 0 Å². The molecule has 0 saturated heterocycles. The van der Waals surface area contributed by atoms with Crippen molar-refractivity contribution in [3.8, 4) is 0 Å². The Morgan fingerprint density at radius 1 is 1.21 bits per heavy atom. The van der Waals surface area contributed by atoms with Gasteiger partial charge in [0.1, 0.15) is 5.82 Å². The van der Waals surface area contributed by atoms with Crippen LogP contribution < -0.4 is 5.32 Å². The van der Waals surface area contributed by atoms with Gasteiger partial charge >= 0.3 is 5.97 Å². The molecule has 0 aliphatic rings. The van der Waals surface area contributed by atoms with Gasteiger partial charge in [-0.2, -0.15) is 0 Å². The van der Waals surface area contributed by atoms with Gasteiger partial charge in [-0.15, -0.1) is 10.2 Å². The first-order valence-electron chi connectivity index (χ1n) is 4.96. The number of hydrogen-bond donors (Lipinski definition) is 2. The van der Waals surface area contributed by atoms with Gasteiger partial charge in [-0.25, -0.2) is 9.18 Å². The number of carboxylic acids is 1. The molecular weight excluding hydrogens is 296 g/mol. The number of carboxylic acid groups (broad SMARTS) is 1. The molecule has 2 N–H and O–H groups in total. The van der Waals surface area contributed by atoms with Crippen LogP contribution in [0, 0.1) is 5.82 Å². The molecule has 8 heteroatoms.